The van der Waals surface area contributed by atoms with Crippen LogP contribution in [0.3, 0.4) is 0 Å². The van der Waals surface area contributed by atoms with Crippen LogP contribution in [0, 0.1) is 5.92 Å². The molecule has 1 unspecified atom stereocenters. The molecule has 1 aromatic carbocycles. The van der Waals surface area contributed by atoms with E-state index in [2.05, 4.69) is 0 Å². The van der Waals surface area contributed by atoms with Gasteiger partial charge in [0.05, 0.1) is 0 Å². The number of hydrogen-bond acceptors (Lipinski definition) is 2. The Morgan fingerprint density at radius 1 is 1.29 bits per heavy atom. The lowest BCUT2D eigenvalue weighted by atomic mass is 9.76. The normalized spacial score (nSPS) is 24.7. The van der Waals surface area contributed by atoms with Crippen LogP contribution in [-0.2, 0) is 21.3 Å². The molecule has 4 heteroatoms. The summed E-state index contributed by atoms with van der Waals surface area (Å²) in [7, 11) is -4.10. The van der Waals surface area contributed by atoms with Crippen molar-refractivity contribution >= 4 is 10.1 Å². The van der Waals surface area contributed by atoms with Crippen LogP contribution in [0.4, 0.5) is 0 Å². The van der Waals surface area contributed by atoms with E-state index in [1.54, 1.807) is 0 Å². The van der Waals surface area contributed by atoms with Gasteiger partial charge < -0.3 is 0 Å². The summed E-state index contributed by atoms with van der Waals surface area (Å²) in [5.41, 5.74) is 1.83. The van der Waals surface area contributed by atoms with Crippen molar-refractivity contribution in [2.24, 2.45) is 5.92 Å². The Labute approximate surface area is 103 Å². The summed E-state index contributed by atoms with van der Waals surface area (Å²) in [5.74, 6) is -0.140. The average Bonchev–Trinajstić information content (AvgIpc) is 2.26. The lowest BCUT2D eigenvalue weighted by Gasteiger charge is -2.39. The van der Waals surface area contributed by atoms with E-state index in [1.807, 2.05) is 38.1 Å². The van der Waals surface area contributed by atoms with Crippen molar-refractivity contribution in [3.8, 4) is 0 Å². The number of rotatable bonds is 2. The van der Waals surface area contributed by atoms with Gasteiger partial charge in [0.25, 0.3) is 10.1 Å². The largest absolute Gasteiger partial charge is 0.285 e. The van der Waals surface area contributed by atoms with Crippen molar-refractivity contribution in [1.82, 2.24) is 0 Å². The van der Waals surface area contributed by atoms with Gasteiger partial charge in [-0.3, -0.25) is 4.55 Å². The molecule has 0 aromatic heterocycles. The van der Waals surface area contributed by atoms with E-state index in [1.165, 1.54) is 0 Å². The fourth-order valence-electron chi connectivity index (χ4n) is 2.99. The highest BCUT2D eigenvalue weighted by molar-refractivity contribution is 7.86. The molecule has 2 rings (SSSR count). The molecule has 3 nitrogen and oxygen atoms in total. The molecule has 0 aliphatic heterocycles. The molecule has 94 valence electrons. The zero-order chi connectivity index (χ0) is 12.7. The molecule has 0 spiro atoms. The van der Waals surface area contributed by atoms with E-state index in [9.17, 15) is 13.0 Å². The van der Waals surface area contributed by atoms with E-state index in [0.29, 0.717) is 6.42 Å². The minimum atomic E-state index is -4.10. The van der Waals surface area contributed by atoms with Gasteiger partial charge >= 0.3 is 0 Å². The SMILES string of the molecule is CC(C)C1(S(=O)(=O)O)CCCc2ccccc21. The summed E-state index contributed by atoms with van der Waals surface area (Å²) in [4.78, 5) is 0. The minimum absolute atomic E-state index is 0.140. The van der Waals surface area contributed by atoms with Gasteiger partial charge in [-0.25, -0.2) is 0 Å². The zero-order valence-electron chi connectivity index (χ0n) is 10.2. The molecule has 1 aliphatic carbocycles. The van der Waals surface area contributed by atoms with E-state index in [-0.39, 0.29) is 5.92 Å². The molecule has 1 aromatic rings. The third kappa shape index (κ3) is 1.79. The van der Waals surface area contributed by atoms with Crippen LogP contribution in [0.5, 0.6) is 0 Å². The topological polar surface area (TPSA) is 54.4 Å². The molecule has 0 saturated heterocycles. The Morgan fingerprint density at radius 3 is 2.53 bits per heavy atom. The number of aryl methyl sites for hydroxylation is 1. The van der Waals surface area contributed by atoms with Gasteiger partial charge in [0, 0.05) is 0 Å². The van der Waals surface area contributed by atoms with Crippen molar-refractivity contribution in [3.63, 3.8) is 0 Å². The van der Waals surface area contributed by atoms with Gasteiger partial charge in [-0.05, 0) is 36.3 Å². The van der Waals surface area contributed by atoms with Crippen molar-refractivity contribution in [2.75, 3.05) is 0 Å². The summed E-state index contributed by atoms with van der Waals surface area (Å²) >= 11 is 0. The predicted octanol–water partition coefficient (Wildman–Crippen LogP) is 2.76. The number of hydrogen-bond donors (Lipinski definition) is 1. The Kier molecular flexibility index (Phi) is 3.04. The first-order chi connectivity index (χ1) is 7.89. The summed E-state index contributed by atoms with van der Waals surface area (Å²) in [6.07, 6.45) is 2.19. The van der Waals surface area contributed by atoms with Crippen LogP contribution in [0.1, 0.15) is 37.8 Å². The van der Waals surface area contributed by atoms with Crippen LogP contribution in [0.25, 0.3) is 0 Å². The quantitative estimate of drug-likeness (QED) is 0.826. The maximum Gasteiger partial charge on any atom is 0.275 e. The molecule has 0 saturated carbocycles. The monoisotopic (exact) mass is 254 g/mol. The van der Waals surface area contributed by atoms with Gasteiger partial charge in [0.1, 0.15) is 4.75 Å². The minimum Gasteiger partial charge on any atom is -0.285 e. The number of fused-ring (bicyclic) bond motifs is 1. The van der Waals surface area contributed by atoms with Gasteiger partial charge in [-0.2, -0.15) is 8.42 Å². The second-order valence-electron chi connectivity index (χ2n) is 5.03. The van der Waals surface area contributed by atoms with Gasteiger partial charge in [0.15, 0.2) is 0 Å². The molecule has 0 heterocycles. The van der Waals surface area contributed by atoms with Gasteiger partial charge in [-0.15, -0.1) is 0 Å². The third-order valence-electron chi connectivity index (χ3n) is 3.86. The van der Waals surface area contributed by atoms with Crippen LogP contribution in [0.2, 0.25) is 0 Å². The second-order valence-corrected chi connectivity index (χ2v) is 6.71. The molecule has 1 aliphatic rings. The van der Waals surface area contributed by atoms with Crippen LogP contribution >= 0.6 is 0 Å². The summed E-state index contributed by atoms with van der Waals surface area (Å²) in [6, 6.07) is 7.55. The lowest BCUT2D eigenvalue weighted by Crippen LogP contribution is -2.43. The van der Waals surface area contributed by atoms with E-state index in [4.69, 9.17) is 0 Å². The molecule has 0 bridgehead atoms. The standard InChI is InChI=1S/C13H18O3S/c1-10(2)13(17(14,15)16)9-5-7-11-6-3-4-8-12(11)13/h3-4,6,8,10H,5,7,9H2,1-2H3,(H,14,15,16). The first-order valence-corrected chi connectivity index (χ1v) is 7.39. The summed E-state index contributed by atoms with van der Waals surface area (Å²) in [6.45, 7) is 3.71. The van der Waals surface area contributed by atoms with Crippen molar-refractivity contribution in [1.29, 1.82) is 0 Å². The van der Waals surface area contributed by atoms with E-state index in [0.717, 1.165) is 24.0 Å². The smallest absolute Gasteiger partial charge is 0.275 e. The van der Waals surface area contributed by atoms with Gasteiger partial charge in [0.2, 0.25) is 0 Å². The van der Waals surface area contributed by atoms with Crippen LogP contribution in [0.15, 0.2) is 24.3 Å². The first-order valence-electron chi connectivity index (χ1n) is 5.95. The molecule has 1 atom stereocenters. The van der Waals surface area contributed by atoms with E-state index >= 15 is 0 Å². The molecule has 0 fully saturated rings. The van der Waals surface area contributed by atoms with Crippen molar-refractivity contribution in [3.05, 3.63) is 35.4 Å². The highest BCUT2D eigenvalue weighted by Gasteiger charge is 2.49. The third-order valence-corrected chi connectivity index (χ3v) is 5.68. The molecule has 0 amide bonds. The molecule has 0 radical (unpaired) electrons. The van der Waals surface area contributed by atoms with Crippen molar-refractivity contribution < 1.29 is 13.0 Å². The maximum absolute atomic E-state index is 11.9. The molecule has 1 N–H and O–H groups in total. The second kappa shape index (κ2) is 4.10. The Balaban J connectivity index is 2.73. The van der Waals surface area contributed by atoms with Crippen LogP contribution in [-0.4, -0.2) is 13.0 Å². The molecular formula is C13H18O3S. The Hall–Kier alpha value is -0.870. The highest BCUT2D eigenvalue weighted by Crippen LogP contribution is 2.46. The maximum atomic E-state index is 11.9. The predicted molar refractivity (Wildman–Crippen MR) is 67.4 cm³/mol. The fraction of sp³-hybridized carbons (Fsp3) is 0.538. The highest BCUT2D eigenvalue weighted by atomic mass is 32.2. The van der Waals surface area contributed by atoms with E-state index < -0.39 is 14.9 Å². The Morgan fingerprint density at radius 2 is 1.94 bits per heavy atom. The lowest BCUT2D eigenvalue weighted by molar-refractivity contribution is 0.325. The Bertz CT molecular complexity index is 519. The van der Waals surface area contributed by atoms with Crippen molar-refractivity contribution in [2.45, 2.75) is 37.9 Å². The molecule has 17 heavy (non-hydrogen) atoms. The van der Waals surface area contributed by atoms with Crippen LogP contribution < -0.4 is 0 Å². The summed E-state index contributed by atoms with van der Waals surface area (Å²) in [5, 5.41) is 0. The number of benzene rings is 1. The molecular weight excluding hydrogens is 236 g/mol. The van der Waals surface area contributed by atoms with Gasteiger partial charge in [-0.1, -0.05) is 38.1 Å². The fourth-order valence-corrected chi connectivity index (χ4v) is 4.47. The average molecular weight is 254 g/mol. The summed E-state index contributed by atoms with van der Waals surface area (Å²) < 4.78 is 32.3. The zero-order valence-corrected chi connectivity index (χ0v) is 11.0. The first kappa shape index (κ1) is 12.6.